The molecule has 9 heteroatoms. The zero-order valence-corrected chi connectivity index (χ0v) is 15.9. The molecule has 26 heavy (non-hydrogen) atoms. The van der Waals surface area contributed by atoms with Gasteiger partial charge in [-0.25, -0.2) is 9.69 Å². The van der Waals surface area contributed by atoms with Crippen molar-refractivity contribution in [1.29, 1.82) is 0 Å². The van der Waals surface area contributed by atoms with Crippen molar-refractivity contribution >= 4 is 68.7 Å². The van der Waals surface area contributed by atoms with Crippen molar-refractivity contribution in [2.45, 2.75) is 0 Å². The van der Waals surface area contributed by atoms with Crippen molar-refractivity contribution in [3.05, 3.63) is 62.1 Å². The number of imide groups is 2. The fraction of sp³-hybridized carbons (Fsp3) is 0. The lowest BCUT2D eigenvalue weighted by Gasteiger charge is -2.27. The molecule has 1 saturated heterocycles. The standard InChI is InChI=1S/C17H9BrCl2N2O4/c18-10-7-8(4-5-13(10)23)6-9-15(24)21-17(26)22(16(9)25)12-3-1-2-11(19)14(12)20/h1-7,23H,(H,21,24,26)/b9-6+. The van der Waals surface area contributed by atoms with Gasteiger partial charge in [0.25, 0.3) is 11.8 Å². The number of urea groups is 1. The van der Waals surface area contributed by atoms with Gasteiger partial charge < -0.3 is 5.11 Å². The minimum atomic E-state index is -0.923. The lowest BCUT2D eigenvalue weighted by atomic mass is 10.1. The fourth-order valence-corrected chi connectivity index (χ4v) is 3.10. The topological polar surface area (TPSA) is 86.7 Å². The van der Waals surface area contributed by atoms with Gasteiger partial charge in [0.05, 0.1) is 20.2 Å². The summed E-state index contributed by atoms with van der Waals surface area (Å²) in [6.45, 7) is 0. The summed E-state index contributed by atoms with van der Waals surface area (Å²) in [6, 6.07) is 8.00. The number of aromatic hydroxyl groups is 1. The number of phenolic OH excluding ortho intramolecular Hbond substituents is 1. The summed E-state index contributed by atoms with van der Waals surface area (Å²) in [7, 11) is 0. The Balaban J connectivity index is 2.07. The van der Waals surface area contributed by atoms with Gasteiger partial charge in [0, 0.05) is 0 Å². The van der Waals surface area contributed by atoms with Gasteiger partial charge in [-0.3, -0.25) is 14.9 Å². The summed E-state index contributed by atoms with van der Waals surface area (Å²) in [6.07, 6.45) is 1.31. The monoisotopic (exact) mass is 454 g/mol. The van der Waals surface area contributed by atoms with Crippen LogP contribution in [-0.2, 0) is 9.59 Å². The van der Waals surface area contributed by atoms with E-state index in [4.69, 9.17) is 23.2 Å². The van der Waals surface area contributed by atoms with Crippen LogP contribution in [0.15, 0.2) is 46.4 Å². The molecule has 4 amide bonds. The van der Waals surface area contributed by atoms with Crippen LogP contribution >= 0.6 is 39.1 Å². The number of nitrogens with one attached hydrogen (secondary N) is 1. The maximum absolute atomic E-state index is 12.8. The van der Waals surface area contributed by atoms with E-state index in [1.807, 2.05) is 0 Å². The number of hydrogen-bond donors (Lipinski definition) is 2. The summed E-state index contributed by atoms with van der Waals surface area (Å²) in [5.74, 6) is -1.67. The molecule has 0 spiro atoms. The van der Waals surface area contributed by atoms with Gasteiger partial charge in [0.15, 0.2) is 0 Å². The lowest BCUT2D eigenvalue weighted by molar-refractivity contribution is -0.122. The van der Waals surface area contributed by atoms with Crippen LogP contribution in [-0.4, -0.2) is 23.0 Å². The van der Waals surface area contributed by atoms with Gasteiger partial charge >= 0.3 is 6.03 Å². The van der Waals surface area contributed by atoms with Crippen molar-refractivity contribution in [3.63, 3.8) is 0 Å². The Labute approximate surface area is 166 Å². The highest BCUT2D eigenvalue weighted by atomic mass is 79.9. The summed E-state index contributed by atoms with van der Waals surface area (Å²) in [5, 5.41) is 11.8. The van der Waals surface area contributed by atoms with Crippen LogP contribution in [0.5, 0.6) is 5.75 Å². The van der Waals surface area contributed by atoms with E-state index in [0.717, 1.165) is 4.90 Å². The Morgan fingerprint density at radius 1 is 1.12 bits per heavy atom. The second-order valence-corrected chi connectivity index (χ2v) is 6.88. The van der Waals surface area contributed by atoms with E-state index in [1.165, 1.54) is 42.5 Å². The van der Waals surface area contributed by atoms with Crippen molar-refractivity contribution in [3.8, 4) is 5.75 Å². The molecule has 1 fully saturated rings. The van der Waals surface area contributed by atoms with Crippen molar-refractivity contribution in [2.24, 2.45) is 0 Å². The average Bonchev–Trinajstić information content (AvgIpc) is 2.58. The summed E-state index contributed by atoms with van der Waals surface area (Å²) in [4.78, 5) is 37.8. The minimum absolute atomic E-state index is 0.00841. The molecule has 0 saturated carbocycles. The Kier molecular flexibility index (Phi) is 5.04. The molecule has 1 aliphatic rings. The molecule has 2 aromatic carbocycles. The van der Waals surface area contributed by atoms with Crippen LogP contribution < -0.4 is 10.2 Å². The number of anilines is 1. The van der Waals surface area contributed by atoms with E-state index < -0.39 is 17.8 Å². The van der Waals surface area contributed by atoms with Gasteiger partial charge in [-0.05, 0) is 51.8 Å². The summed E-state index contributed by atoms with van der Waals surface area (Å²) < 4.78 is 0.390. The molecule has 0 aromatic heterocycles. The zero-order chi connectivity index (χ0) is 19.0. The van der Waals surface area contributed by atoms with Crippen LogP contribution in [0.3, 0.4) is 0 Å². The molecule has 0 bridgehead atoms. The maximum Gasteiger partial charge on any atom is 0.336 e. The molecule has 2 aromatic rings. The number of benzene rings is 2. The molecule has 132 valence electrons. The first-order chi connectivity index (χ1) is 12.3. The smallest absolute Gasteiger partial charge is 0.336 e. The van der Waals surface area contributed by atoms with E-state index in [0.29, 0.717) is 10.0 Å². The molecule has 1 heterocycles. The molecule has 0 aliphatic carbocycles. The molecule has 0 radical (unpaired) electrons. The van der Waals surface area contributed by atoms with Crippen molar-refractivity contribution in [1.82, 2.24) is 5.32 Å². The first-order valence-corrected chi connectivity index (χ1v) is 8.68. The number of nitrogens with zero attached hydrogens (tertiary/aromatic N) is 1. The molecule has 2 N–H and O–H groups in total. The van der Waals surface area contributed by atoms with E-state index in [1.54, 1.807) is 0 Å². The predicted molar refractivity (Wildman–Crippen MR) is 101 cm³/mol. The Bertz CT molecular complexity index is 991. The third-order valence-corrected chi connectivity index (χ3v) is 5.00. The highest BCUT2D eigenvalue weighted by molar-refractivity contribution is 9.10. The Morgan fingerprint density at radius 3 is 2.54 bits per heavy atom. The third kappa shape index (κ3) is 3.33. The first kappa shape index (κ1) is 18.4. The number of carbonyl (C=O) groups excluding carboxylic acids is 3. The molecule has 0 atom stereocenters. The normalized spacial score (nSPS) is 16.2. The largest absolute Gasteiger partial charge is 0.507 e. The fourth-order valence-electron chi connectivity index (χ4n) is 2.32. The van der Waals surface area contributed by atoms with Crippen LogP contribution in [0.2, 0.25) is 10.0 Å². The molecule has 3 rings (SSSR count). The molecule has 0 unspecified atom stereocenters. The summed E-state index contributed by atoms with van der Waals surface area (Å²) >= 11 is 15.2. The van der Waals surface area contributed by atoms with E-state index >= 15 is 0 Å². The number of hydrogen-bond acceptors (Lipinski definition) is 4. The second-order valence-electron chi connectivity index (χ2n) is 5.24. The van der Waals surface area contributed by atoms with Crippen molar-refractivity contribution < 1.29 is 19.5 Å². The van der Waals surface area contributed by atoms with E-state index in [9.17, 15) is 19.5 Å². The maximum atomic E-state index is 12.8. The Morgan fingerprint density at radius 2 is 1.85 bits per heavy atom. The van der Waals surface area contributed by atoms with Gasteiger partial charge in [-0.15, -0.1) is 0 Å². The molecule has 1 aliphatic heterocycles. The van der Waals surface area contributed by atoms with Gasteiger partial charge in [0.2, 0.25) is 0 Å². The van der Waals surface area contributed by atoms with Crippen LogP contribution in [0.25, 0.3) is 6.08 Å². The number of carbonyl (C=O) groups is 3. The number of amides is 4. The molecular weight excluding hydrogens is 447 g/mol. The zero-order valence-electron chi connectivity index (χ0n) is 12.8. The second kappa shape index (κ2) is 7.11. The number of halogens is 3. The summed E-state index contributed by atoms with van der Waals surface area (Å²) in [5.41, 5.74) is 0.268. The van der Waals surface area contributed by atoms with Crippen LogP contribution in [0, 0.1) is 0 Å². The van der Waals surface area contributed by atoms with E-state index in [-0.39, 0.29) is 27.1 Å². The predicted octanol–water partition coefficient (Wildman–Crippen LogP) is 4.13. The molecular formula is C17H9BrCl2N2O4. The number of barbiturate groups is 1. The minimum Gasteiger partial charge on any atom is -0.507 e. The lowest BCUT2D eigenvalue weighted by Crippen LogP contribution is -2.54. The number of rotatable bonds is 2. The van der Waals surface area contributed by atoms with Crippen molar-refractivity contribution in [2.75, 3.05) is 4.90 Å². The highest BCUT2D eigenvalue weighted by Gasteiger charge is 2.38. The quantitative estimate of drug-likeness (QED) is 0.526. The SMILES string of the molecule is O=C1NC(=O)N(c2cccc(Cl)c2Cl)C(=O)/C1=C/c1ccc(O)c(Br)c1. The van der Waals surface area contributed by atoms with Gasteiger partial charge in [-0.2, -0.15) is 0 Å². The number of phenols is 1. The van der Waals surface area contributed by atoms with Gasteiger partial charge in [-0.1, -0.05) is 35.3 Å². The van der Waals surface area contributed by atoms with E-state index in [2.05, 4.69) is 21.2 Å². The van der Waals surface area contributed by atoms with Crippen LogP contribution in [0.1, 0.15) is 5.56 Å². The Hall–Kier alpha value is -2.35. The average molecular weight is 456 g/mol. The third-order valence-electron chi connectivity index (χ3n) is 3.56. The molecule has 6 nitrogen and oxygen atoms in total. The van der Waals surface area contributed by atoms with Gasteiger partial charge in [0.1, 0.15) is 11.3 Å². The first-order valence-electron chi connectivity index (χ1n) is 7.13. The highest BCUT2D eigenvalue weighted by Crippen LogP contribution is 2.34. The van der Waals surface area contributed by atoms with Crippen LogP contribution in [0.4, 0.5) is 10.5 Å².